The van der Waals surface area contributed by atoms with Crippen LogP contribution in [-0.2, 0) is 19.3 Å². The summed E-state index contributed by atoms with van der Waals surface area (Å²) in [4.78, 5) is 24.1. The zero-order valence-electron chi connectivity index (χ0n) is 16.4. The van der Waals surface area contributed by atoms with Gasteiger partial charge in [0, 0.05) is 22.7 Å². The molecule has 1 aliphatic rings. The maximum absolute atomic E-state index is 12.8. The van der Waals surface area contributed by atoms with Crippen LogP contribution in [0.5, 0.6) is 0 Å². The second-order valence-electron chi connectivity index (χ2n) is 7.44. The van der Waals surface area contributed by atoms with Gasteiger partial charge in [0.25, 0.3) is 0 Å². The molecule has 0 saturated heterocycles. The van der Waals surface area contributed by atoms with Crippen LogP contribution in [0.25, 0.3) is 22.4 Å². The summed E-state index contributed by atoms with van der Waals surface area (Å²) in [6.07, 6.45) is -3.24. The highest BCUT2D eigenvalue weighted by Gasteiger charge is 2.32. The number of H-pyrrole nitrogens is 1. The first-order valence-corrected chi connectivity index (χ1v) is 9.63. The number of rotatable bonds is 2. The summed E-state index contributed by atoms with van der Waals surface area (Å²) < 4.78 is 40.0. The number of nitrogens with zero attached hydrogens (tertiary/aromatic N) is 4. The molecule has 0 spiro atoms. The quantitative estimate of drug-likeness (QED) is 0.513. The van der Waals surface area contributed by atoms with Crippen LogP contribution in [0.1, 0.15) is 28.7 Å². The van der Waals surface area contributed by atoms with E-state index < -0.39 is 11.9 Å². The first kappa shape index (κ1) is 19.4. The van der Waals surface area contributed by atoms with E-state index in [1.165, 1.54) is 12.3 Å². The van der Waals surface area contributed by atoms with E-state index in [0.29, 0.717) is 52.5 Å². The molecular weight excluding hydrogens is 409 g/mol. The Labute approximate surface area is 174 Å². The number of aromatic nitrogens is 5. The molecule has 0 amide bonds. The molecule has 2 N–H and O–H groups in total. The van der Waals surface area contributed by atoms with Crippen molar-refractivity contribution in [1.29, 1.82) is 0 Å². The van der Waals surface area contributed by atoms with Crippen LogP contribution in [0.4, 0.5) is 13.2 Å². The molecule has 0 fully saturated rings. The average Bonchev–Trinajstić information content (AvgIpc) is 3.19. The van der Waals surface area contributed by atoms with Crippen molar-refractivity contribution in [3.05, 3.63) is 75.5 Å². The minimum Gasteiger partial charge on any atom is -0.351 e. The molecule has 10 heteroatoms. The first-order chi connectivity index (χ1) is 14.8. The molecule has 3 aromatic heterocycles. The molecule has 0 bridgehead atoms. The Morgan fingerprint density at radius 3 is 2.71 bits per heavy atom. The van der Waals surface area contributed by atoms with Crippen molar-refractivity contribution in [3.8, 4) is 11.5 Å². The van der Waals surface area contributed by atoms with Crippen molar-refractivity contribution in [2.45, 2.75) is 32.2 Å². The van der Waals surface area contributed by atoms with E-state index in [4.69, 9.17) is 0 Å². The van der Waals surface area contributed by atoms with Gasteiger partial charge < -0.3 is 10.3 Å². The summed E-state index contributed by atoms with van der Waals surface area (Å²) in [7, 11) is 0. The Morgan fingerprint density at radius 2 is 1.97 bits per heavy atom. The van der Waals surface area contributed by atoms with Crippen molar-refractivity contribution in [2.24, 2.45) is 0 Å². The van der Waals surface area contributed by atoms with Crippen molar-refractivity contribution >= 4 is 10.9 Å². The average molecular weight is 426 g/mol. The number of alkyl halides is 3. The second-order valence-corrected chi connectivity index (χ2v) is 7.44. The summed E-state index contributed by atoms with van der Waals surface area (Å²) >= 11 is 0. The lowest BCUT2D eigenvalue weighted by molar-refractivity contribution is -0.141. The van der Waals surface area contributed by atoms with Crippen molar-refractivity contribution < 1.29 is 13.2 Å². The Morgan fingerprint density at radius 1 is 1.16 bits per heavy atom. The maximum Gasteiger partial charge on any atom is 0.433 e. The van der Waals surface area contributed by atoms with E-state index in [9.17, 15) is 18.0 Å². The predicted molar refractivity (Wildman–Crippen MR) is 107 cm³/mol. The monoisotopic (exact) mass is 426 g/mol. The normalized spacial score (nSPS) is 16.5. The lowest BCUT2D eigenvalue weighted by Crippen LogP contribution is -2.33. The van der Waals surface area contributed by atoms with Gasteiger partial charge in [-0.2, -0.15) is 13.2 Å². The Bertz CT molecular complexity index is 1340. The topological polar surface area (TPSA) is 88.5 Å². The molecule has 1 unspecified atom stereocenters. The van der Waals surface area contributed by atoms with Gasteiger partial charge in [-0.1, -0.05) is 18.2 Å². The Hall–Kier alpha value is -3.53. The number of hydrogen-bond donors (Lipinski definition) is 2. The minimum atomic E-state index is -4.47. The highest BCUT2D eigenvalue weighted by Crippen LogP contribution is 2.29. The van der Waals surface area contributed by atoms with Gasteiger partial charge in [-0.3, -0.25) is 9.78 Å². The highest BCUT2D eigenvalue weighted by molar-refractivity contribution is 5.82. The first-order valence-electron chi connectivity index (χ1n) is 9.63. The van der Waals surface area contributed by atoms with Crippen LogP contribution in [0.2, 0.25) is 0 Å². The van der Waals surface area contributed by atoms with E-state index in [1.54, 1.807) is 17.7 Å². The van der Waals surface area contributed by atoms with Crippen LogP contribution in [0, 0.1) is 6.92 Å². The molecule has 158 valence electrons. The van der Waals surface area contributed by atoms with E-state index in [1.807, 2.05) is 18.2 Å². The molecule has 1 aromatic carbocycles. The van der Waals surface area contributed by atoms with Crippen molar-refractivity contribution in [3.63, 3.8) is 0 Å². The summed E-state index contributed by atoms with van der Waals surface area (Å²) in [6, 6.07) is 9.38. The zero-order valence-corrected chi connectivity index (χ0v) is 16.4. The molecule has 1 atom stereocenters. The lowest BCUT2D eigenvalue weighted by atomic mass is 10.1. The number of pyridine rings is 2. The van der Waals surface area contributed by atoms with Crippen LogP contribution in [0.15, 0.2) is 47.4 Å². The SMILES string of the molecule is Cc1c(-c2nc3n(n2)CC(c2ccc(C(F)(F)F)nc2)NC3)[nH]c2ccccc2c1=O. The fraction of sp³-hybridized carbons (Fsp3) is 0.238. The smallest absolute Gasteiger partial charge is 0.351 e. The number of fused-ring (bicyclic) bond motifs is 2. The molecule has 5 rings (SSSR count). The van der Waals surface area contributed by atoms with Gasteiger partial charge in [0.05, 0.1) is 24.8 Å². The molecule has 0 aliphatic carbocycles. The third-order valence-corrected chi connectivity index (χ3v) is 5.46. The summed E-state index contributed by atoms with van der Waals surface area (Å²) in [5, 5.41) is 8.41. The number of nitrogens with one attached hydrogen (secondary N) is 2. The molecular formula is C21H17F3N6O. The van der Waals surface area contributed by atoms with Gasteiger partial charge in [-0.05, 0) is 30.7 Å². The van der Waals surface area contributed by atoms with Gasteiger partial charge in [0.15, 0.2) is 11.3 Å². The molecule has 1 aliphatic heterocycles. The lowest BCUT2D eigenvalue weighted by Gasteiger charge is -2.24. The predicted octanol–water partition coefficient (Wildman–Crippen LogP) is 3.35. The Balaban J connectivity index is 1.47. The number of para-hydroxylation sites is 1. The number of aromatic amines is 1. The maximum atomic E-state index is 12.8. The number of halogens is 3. The van der Waals surface area contributed by atoms with Crippen molar-refractivity contribution in [1.82, 2.24) is 30.0 Å². The molecule has 4 aromatic rings. The summed E-state index contributed by atoms with van der Waals surface area (Å²) in [5.41, 5.74) is 1.41. The van der Waals surface area contributed by atoms with Crippen molar-refractivity contribution in [2.75, 3.05) is 0 Å². The number of hydrogen-bond acceptors (Lipinski definition) is 5. The third-order valence-electron chi connectivity index (χ3n) is 5.46. The van der Waals surface area contributed by atoms with Crippen LogP contribution >= 0.6 is 0 Å². The molecule has 4 heterocycles. The van der Waals surface area contributed by atoms with Gasteiger partial charge >= 0.3 is 6.18 Å². The molecule has 0 radical (unpaired) electrons. The van der Waals surface area contributed by atoms with Gasteiger partial charge in [0.1, 0.15) is 11.5 Å². The van der Waals surface area contributed by atoms with E-state index in [2.05, 4.69) is 25.4 Å². The largest absolute Gasteiger partial charge is 0.433 e. The van der Waals surface area contributed by atoms with Gasteiger partial charge in [-0.15, -0.1) is 5.10 Å². The number of benzene rings is 1. The van der Waals surface area contributed by atoms with Crippen LogP contribution in [-0.4, -0.2) is 24.7 Å². The van der Waals surface area contributed by atoms with Crippen LogP contribution in [0.3, 0.4) is 0 Å². The Kier molecular flexibility index (Phi) is 4.40. The standard InChI is InChI=1S/C21H17F3N6O/c1-11-18(27-14-5-3-2-4-13(14)19(11)31)20-28-17-9-25-15(10-30(17)29-20)12-6-7-16(26-8-12)21(22,23)24/h2-8,15,25H,9-10H2,1H3,(H,27,31). The van der Waals surface area contributed by atoms with E-state index in [-0.39, 0.29) is 11.5 Å². The molecule has 0 saturated carbocycles. The second kappa shape index (κ2) is 7.02. The van der Waals surface area contributed by atoms with E-state index >= 15 is 0 Å². The highest BCUT2D eigenvalue weighted by atomic mass is 19.4. The van der Waals surface area contributed by atoms with Gasteiger partial charge in [-0.25, -0.2) is 9.67 Å². The fourth-order valence-electron chi connectivity index (χ4n) is 3.77. The zero-order chi connectivity index (χ0) is 21.8. The molecule has 31 heavy (non-hydrogen) atoms. The minimum absolute atomic E-state index is 0.0797. The van der Waals surface area contributed by atoms with Crippen LogP contribution < -0.4 is 10.7 Å². The molecule has 7 nitrogen and oxygen atoms in total. The summed E-state index contributed by atoms with van der Waals surface area (Å²) in [5.74, 6) is 1.09. The fourth-order valence-corrected chi connectivity index (χ4v) is 3.77. The van der Waals surface area contributed by atoms with E-state index in [0.717, 1.165) is 6.07 Å². The van der Waals surface area contributed by atoms with Gasteiger partial charge in [0.2, 0.25) is 0 Å². The summed E-state index contributed by atoms with van der Waals surface area (Å²) in [6.45, 7) is 2.50. The third kappa shape index (κ3) is 3.38.